The first-order chi connectivity index (χ1) is 10.2. The zero-order valence-corrected chi connectivity index (χ0v) is 12.4. The molecule has 2 fully saturated rings. The molecule has 1 atom stereocenters. The number of nitrogens with one attached hydrogen (secondary N) is 1. The van der Waals surface area contributed by atoms with Crippen LogP contribution in [-0.2, 0) is 11.2 Å². The Bertz CT molecular complexity index is 492. The zero-order valence-electron chi connectivity index (χ0n) is 12.4. The largest absolute Gasteiger partial charge is 0.490 e. The molecule has 0 aromatic heterocycles. The summed E-state index contributed by atoms with van der Waals surface area (Å²) in [6.07, 6.45) is 7.68. The van der Waals surface area contributed by atoms with Crippen molar-refractivity contribution in [2.45, 2.75) is 56.7 Å². The van der Waals surface area contributed by atoms with E-state index >= 15 is 0 Å². The Morgan fingerprint density at radius 3 is 2.67 bits per heavy atom. The second kappa shape index (κ2) is 6.06. The van der Waals surface area contributed by atoms with Crippen molar-refractivity contribution in [1.29, 1.82) is 5.41 Å². The van der Waals surface area contributed by atoms with Gasteiger partial charge in [-0.3, -0.25) is 5.41 Å². The van der Waals surface area contributed by atoms with E-state index in [1.807, 2.05) is 24.3 Å². The van der Waals surface area contributed by atoms with Gasteiger partial charge in [-0.25, -0.2) is 0 Å². The highest BCUT2D eigenvalue weighted by atomic mass is 16.5. The summed E-state index contributed by atoms with van der Waals surface area (Å²) in [6, 6.07) is 7.94. The number of rotatable bonds is 4. The van der Waals surface area contributed by atoms with Gasteiger partial charge in [0.15, 0.2) is 0 Å². The molecule has 1 heterocycles. The summed E-state index contributed by atoms with van der Waals surface area (Å²) in [7, 11) is 0. The van der Waals surface area contributed by atoms with Gasteiger partial charge in [0, 0.05) is 19.3 Å². The highest BCUT2D eigenvalue weighted by Gasteiger charge is 2.40. The minimum absolute atomic E-state index is 0.0947. The van der Waals surface area contributed by atoms with E-state index in [0.717, 1.165) is 30.8 Å². The van der Waals surface area contributed by atoms with E-state index in [9.17, 15) is 0 Å². The van der Waals surface area contributed by atoms with Gasteiger partial charge in [-0.1, -0.05) is 25.0 Å². The van der Waals surface area contributed by atoms with Crippen molar-refractivity contribution >= 4 is 5.84 Å². The van der Waals surface area contributed by atoms with Crippen LogP contribution in [0, 0.1) is 5.41 Å². The van der Waals surface area contributed by atoms with Crippen LogP contribution in [0.1, 0.15) is 44.1 Å². The van der Waals surface area contributed by atoms with Crippen LogP contribution in [0.25, 0.3) is 0 Å². The Labute approximate surface area is 126 Å². The van der Waals surface area contributed by atoms with Crippen molar-refractivity contribution in [2.75, 3.05) is 6.61 Å². The van der Waals surface area contributed by atoms with E-state index < -0.39 is 0 Å². The average Bonchev–Trinajstić information content (AvgIpc) is 2.88. The summed E-state index contributed by atoms with van der Waals surface area (Å²) in [5, 5.41) is 7.32. The van der Waals surface area contributed by atoms with Gasteiger partial charge in [0.1, 0.15) is 11.9 Å². The molecule has 114 valence electrons. The molecule has 0 radical (unpaired) electrons. The summed E-state index contributed by atoms with van der Waals surface area (Å²) in [6.45, 7) is 0.813. The third-order valence-electron chi connectivity index (χ3n) is 4.58. The molecule has 3 rings (SSSR count). The standard InChI is InChI=1S/C17H24N2O2/c18-16(19)11-13-3-5-14(6-4-13)21-15-7-10-20-17(12-15)8-1-2-9-17/h3-6,15H,1-2,7-12H2,(H3,18,19). The maximum Gasteiger partial charge on any atom is 0.119 e. The van der Waals surface area contributed by atoms with Crippen LogP contribution in [0.4, 0.5) is 0 Å². The van der Waals surface area contributed by atoms with E-state index in [0.29, 0.717) is 6.42 Å². The fourth-order valence-electron chi connectivity index (χ4n) is 3.55. The second-order valence-electron chi connectivity index (χ2n) is 6.32. The zero-order chi connectivity index (χ0) is 14.7. The molecule has 0 bridgehead atoms. The molecule has 1 aromatic carbocycles. The van der Waals surface area contributed by atoms with Crippen LogP contribution in [0.15, 0.2) is 24.3 Å². The molecular weight excluding hydrogens is 264 g/mol. The van der Waals surface area contributed by atoms with E-state index in [-0.39, 0.29) is 17.5 Å². The SMILES string of the molecule is N=C(N)Cc1ccc(OC2CCOC3(CCCC3)C2)cc1. The highest BCUT2D eigenvalue weighted by molar-refractivity contribution is 5.79. The number of benzene rings is 1. The molecule has 1 aliphatic carbocycles. The van der Waals surface area contributed by atoms with Crippen molar-refractivity contribution < 1.29 is 9.47 Å². The van der Waals surface area contributed by atoms with Crippen molar-refractivity contribution in [3.05, 3.63) is 29.8 Å². The topological polar surface area (TPSA) is 68.3 Å². The van der Waals surface area contributed by atoms with Crippen molar-refractivity contribution in [1.82, 2.24) is 0 Å². The lowest BCUT2D eigenvalue weighted by Gasteiger charge is -2.38. The molecule has 3 N–H and O–H groups in total. The lowest BCUT2D eigenvalue weighted by molar-refractivity contribution is -0.108. The summed E-state index contributed by atoms with van der Waals surface area (Å²) in [4.78, 5) is 0. The molecule has 4 nitrogen and oxygen atoms in total. The summed E-state index contributed by atoms with van der Waals surface area (Å²) < 4.78 is 12.2. The molecule has 21 heavy (non-hydrogen) atoms. The normalized spacial score (nSPS) is 24.1. The lowest BCUT2D eigenvalue weighted by atomic mass is 9.90. The first-order valence-electron chi connectivity index (χ1n) is 7.88. The van der Waals surface area contributed by atoms with Gasteiger partial charge in [-0.05, 0) is 30.5 Å². The Kier molecular flexibility index (Phi) is 4.15. The third-order valence-corrected chi connectivity index (χ3v) is 4.58. The molecule has 4 heteroatoms. The fourth-order valence-corrected chi connectivity index (χ4v) is 3.55. The predicted octanol–water partition coefficient (Wildman–Crippen LogP) is 3.04. The van der Waals surface area contributed by atoms with Gasteiger partial charge in [-0.2, -0.15) is 0 Å². The molecule has 1 aliphatic heterocycles. The van der Waals surface area contributed by atoms with Gasteiger partial charge >= 0.3 is 0 Å². The molecule has 1 aromatic rings. The first kappa shape index (κ1) is 14.4. The summed E-state index contributed by atoms with van der Waals surface area (Å²) in [5.74, 6) is 1.10. The molecule has 0 amide bonds. The molecule has 1 unspecified atom stereocenters. The van der Waals surface area contributed by atoms with Gasteiger partial charge in [0.05, 0.1) is 18.0 Å². The van der Waals surface area contributed by atoms with Gasteiger partial charge in [0.25, 0.3) is 0 Å². The van der Waals surface area contributed by atoms with Crippen molar-refractivity contribution in [3.8, 4) is 5.75 Å². The number of hydrogen-bond acceptors (Lipinski definition) is 3. The summed E-state index contributed by atoms with van der Waals surface area (Å²) >= 11 is 0. The lowest BCUT2D eigenvalue weighted by Crippen LogP contribution is -2.41. The van der Waals surface area contributed by atoms with Crippen LogP contribution >= 0.6 is 0 Å². The van der Waals surface area contributed by atoms with Crippen LogP contribution in [0.2, 0.25) is 0 Å². The number of amidine groups is 1. The third kappa shape index (κ3) is 3.56. The molecule has 1 saturated carbocycles. The maximum absolute atomic E-state index is 7.32. The smallest absolute Gasteiger partial charge is 0.119 e. The van der Waals surface area contributed by atoms with E-state index in [1.165, 1.54) is 25.7 Å². The van der Waals surface area contributed by atoms with E-state index in [4.69, 9.17) is 20.6 Å². The quantitative estimate of drug-likeness (QED) is 0.661. The van der Waals surface area contributed by atoms with Crippen LogP contribution in [0.3, 0.4) is 0 Å². The average molecular weight is 288 g/mol. The van der Waals surface area contributed by atoms with Crippen molar-refractivity contribution in [2.24, 2.45) is 5.73 Å². The maximum atomic E-state index is 7.32. The first-order valence-corrected chi connectivity index (χ1v) is 7.88. The molecule has 1 spiro atoms. The van der Waals surface area contributed by atoms with Gasteiger partial charge in [0.2, 0.25) is 0 Å². The Morgan fingerprint density at radius 1 is 1.29 bits per heavy atom. The predicted molar refractivity (Wildman–Crippen MR) is 82.9 cm³/mol. The van der Waals surface area contributed by atoms with Crippen LogP contribution in [-0.4, -0.2) is 24.1 Å². The molecule has 1 saturated heterocycles. The number of ether oxygens (including phenoxy) is 2. The monoisotopic (exact) mass is 288 g/mol. The molecule has 2 aliphatic rings. The minimum atomic E-state index is 0.0947. The summed E-state index contributed by atoms with van der Waals surface area (Å²) in [5.41, 5.74) is 6.56. The number of hydrogen-bond donors (Lipinski definition) is 2. The number of nitrogens with two attached hydrogens (primary N) is 1. The van der Waals surface area contributed by atoms with Crippen LogP contribution in [0.5, 0.6) is 5.75 Å². The Balaban J connectivity index is 1.59. The van der Waals surface area contributed by atoms with Crippen LogP contribution < -0.4 is 10.5 Å². The van der Waals surface area contributed by atoms with E-state index in [1.54, 1.807) is 0 Å². The van der Waals surface area contributed by atoms with Gasteiger partial charge < -0.3 is 15.2 Å². The fraction of sp³-hybridized carbons (Fsp3) is 0.588. The molecular formula is C17H24N2O2. The van der Waals surface area contributed by atoms with E-state index in [2.05, 4.69) is 0 Å². The Hall–Kier alpha value is -1.55. The Morgan fingerprint density at radius 2 is 2.00 bits per heavy atom. The second-order valence-corrected chi connectivity index (χ2v) is 6.32. The minimum Gasteiger partial charge on any atom is -0.490 e. The van der Waals surface area contributed by atoms with Crippen molar-refractivity contribution in [3.63, 3.8) is 0 Å². The highest BCUT2D eigenvalue weighted by Crippen LogP contribution is 2.40. The van der Waals surface area contributed by atoms with Gasteiger partial charge in [-0.15, -0.1) is 0 Å².